The van der Waals surface area contributed by atoms with E-state index in [4.69, 9.17) is 14.5 Å². The van der Waals surface area contributed by atoms with Gasteiger partial charge in [0, 0.05) is 26.2 Å². The van der Waals surface area contributed by atoms with Crippen LogP contribution in [0.25, 0.3) is 10.2 Å². The Morgan fingerprint density at radius 1 is 1.19 bits per heavy atom. The minimum Gasteiger partial charge on any atom is -0.483 e. The van der Waals surface area contributed by atoms with Crippen LogP contribution in [0.3, 0.4) is 0 Å². The molecule has 4 rings (SSSR count). The largest absolute Gasteiger partial charge is 0.483 e. The molecule has 0 radical (unpaired) electrons. The van der Waals surface area contributed by atoms with Crippen LogP contribution in [0.2, 0.25) is 0 Å². The molecule has 0 N–H and O–H groups in total. The van der Waals surface area contributed by atoms with Gasteiger partial charge in [0.1, 0.15) is 5.75 Å². The summed E-state index contributed by atoms with van der Waals surface area (Å²) >= 11 is 1.56. The molecular formula is C24H30ClN3O3S. The highest BCUT2D eigenvalue weighted by Crippen LogP contribution is 2.30. The van der Waals surface area contributed by atoms with Crippen LogP contribution >= 0.6 is 23.7 Å². The van der Waals surface area contributed by atoms with Gasteiger partial charge >= 0.3 is 0 Å². The molecule has 0 bridgehead atoms. The molecule has 1 aromatic heterocycles. The van der Waals surface area contributed by atoms with Gasteiger partial charge in [-0.2, -0.15) is 0 Å². The molecule has 8 heteroatoms. The van der Waals surface area contributed by atoms with E-state index < -0.39 is 0 Å². The second kappa shape index (κ2) is 11.6. The number of hydrogen-bond acceptors (Lipinski definition) is 6. The highest BCUT2D eigenvalue weighted by atomic mass is 35.5. The lowest BCUT2D eigenvalue weighted by Crippen LogP contribution is -2.40. The van der Waals surface area contributed by atoms with Crippen LogP contribution in [0.5, 0.6) is 5.75 Å². The Morgan fingerprint density at radius 2 is 1.97 bits per heavy atom. The maximum Gasteiger partial charge on any atom is 0.266 e. The van der Waals surface area contributed by atoms with Crippen molar-refractivity contribution in [2.75, 3.05) is 50.9 Å². The van der Waals surface area contributed by atoms with E-state index in [2.05, 4.69) is 24.0 Å². The Bertz CT molecular complexity index is 1040. The van der Waals surface area contributed by atoms with E-state index in [0.29, 0.717) is 6.54 Å². The fraction of sp³-hybridized carbons (Fsp3) is 0.417. The number of aryl methyl sites for hydroxylation is 2. The molecule has 1 aliphatic rings. The zero-order chi connectivity index (χ0) is 21.6. The fourth-order valence-electron chi connectivity index (χ4n) is 3.68. The number of nitrogens with zero attached hydrogens (tertiary/aromatic N) is 3. The quantitative estimate of drug-likeness (QED) is 0.481. The van der Waals surface area contributed by atoms with Crippen molar-refractivity contribution in [3.63, 3.8) is 0 Å². The molecule has 1 saturated heterocycles. The molecule has 0 unspecified atom stereocenters. The van der Waals surface area contributed by atoms with Gasteiger partial charge < -0.3 is 9.47 Å². The van der Waals surface area contributed by atoms with Gasteiger partial charge in [0.05, 0.1) is 23.4 Å². The number of anilines is 1. The van der Waals surface area contributed by atoms with E-state index in [1.165, 1.54) is 5.56 Å². The van der Waals surface area contributed by atoms with Crippen LogP contribution in [0.1, 0.15) is 17.5 Å². The van der Waals surface area contributed by atoms with Crippen molar-refractivity contribution < 1.29 is 14.3 Å². The first-order valence-corrected chi connectivity index (χ1v) is 11.6. The van der Waals surface area contributed by atoms with Crippen molar-refractivity contribution in [2.45, 2.75) is 20.3 Å². The number of thiazole rings is 1. The molecule has 1 amide bonds. The number of morpholine rings is 1. The third-order valence-electron chi connectivity index (χ3n) is 5.47. The summed E-state index contributed by atoms with van der Waals surface area (Å²) in [5, 5.41) is 0.737. The normalized spacial score (nSPS) is 14.2. The van der Waals surface area contributed by atoms with Crippen molar-refractivity contribution in [3.05, 3.63) is 53.6 Å². The first kappa shape index (κ1) is 24.5. The standard InChI is InChI=1S/C24H29N3O3S.ClH/c1-18-8-9-20-22(16-18)31-24(25-20)27(11-5-10-26-12-14-29-15-13-26)23(28)17-30-21-7-4-3-6-19(21)2;/h3-4,6-9,16H,5,10-15,17H2,1-2H3;1H. The van der Waals surface area contributed by atoms with Gasteiger partial charge in [-0.25, -0.2) is 4.98 Å². The van der Waals surface area contributed by atoms with Gasteiger partial charge in [-0.1, -0.05) is 35.6 Å². The maximum atomic E-state index is 13.2. The number of amides is 1. The number of para-hydroxylation sites is 1. The number of carbonyl (C=O) groups excluding carboxylic acids is 1. The highest BCUT2D eigenvalue weighted by Gasteiger charge is 2.21. The number of hydrogen-bond donors (Lipinski definition) is 0. The molecule has 0 spiro atoms. The lowest BCUT2D eigenvalue weighted by molar-refractivity contribution is -0.120. The van der Waals surface area contributed by atoms with Crippen LogP contribution in [0.15, 0.2) is 42.5 Å². The Morgan fingerprint density at radius 3 is 2.75 bits per heavy atom. The highest BCUT2D eigenvalue weighted by molar-refractivity contribution is 7.22. The average molecular weight is 476 g/mol. The third kappa shape index (κ3) is 6.19. The third-order valence-corrected chi connectivity index (χ3v) is 6.51. The van der Waals surface area contributed by atoms with Crippen LogP contribution in [-0.2, 0) is 9.53 Å². The first-order chi connectivity index (χ1) is 15.1. The summed E-state index contributed by atoms with van der Waals surface area (Å²) in [5.41, 5.74) is 3.14. The van der Waals surface area contributed by atoms with Crippen LogP contribution in [0, 0.1) is 13.8 Å². The van der Waals surface area contributed by atoms with Gasteiger partial charge in [0.15, 0.2) is 11.7 Å². The van der Waals surface area contributed by atoms with E-state index in [1.807, 2.05) is 37.3 Å². The van der Waals surface area contributed by atoms with E-state index in [1.54, 1.807) is 16.2 Å². The predicted octanol–water partition coefficient (Wildman–Crippen LogP) is 4.47. The first-order valence-electron chi connectivity index (χ1n) is 10.8. The summed E-state index contributed by atoms with van der Waals surface area (Å²) in [5.74, 6) is 0.671. The summed E-state index contributed by atoms with van der Waals surface area (Å²) in [6.45, 7) is 9.07. The number of benzene rings is 2. The topological polar surface area (TPSA) is 54.9 Å². The molecule has 6 nitrogen and oxygen atoms in total. The van der Waals surface area contributed by atoms with Crippen molar-refractivity contribution >= 4 is 45.0 Å². The Kier molecular flexibility index (Phi) is 8.87. The summed E-state index contributed by atoms with van der Waals surface area (Å²) in [6.07, 6.45) is 0.880. The van der Waals surface area contributed by atoms with Gasteiger partial charge in [0.2, 0.25) is 0 Å². The average Bonchev–Trinajstić information content (AvgIpc) is 3.19. The molecule has 2 heterocycles. The molecule has 3 aromatic rings. The van der Waals surface area contributed by atoms with E-state index in [9.17, 15) is 4.79 Å². The molecule has 1 aliphatic heterocycles. The Hall–Kier alpha value is -2.19. The lowest BCUT2D eigenvalue weighted by Gasteiger charge is -2.27. The summed E-state index contributed by atoms with van der Waals surface area (Å²) in [6, 6.07) is 14.0. The molecule has 0 atom stereocenters. The van der Waals surface area contributed by atoms with Crippen molar-refractivity contribution in [1.82, 2.24) is 9.88 Å². The summed E-state index contributed by atoms with van der Waals surface area (Å²) in [7, 11) is 0. The molecule has 172 valence electrons. The minimum atomic E-state index is -0.0685. The Balaban J connectivity index is 0.00000289. The Labute approximate surface area is 199 Å². The van der Waals surface area contributed by atoms with Gasteiger partial charge in [0.25, 0.3) is 5.91 Å². The van der Waals surface area contributed by atoms with Crippen molar-refractivity contribution in [3.8, 4) is 5.75 Å². The zero-order valence-corrected chi connectivity index (χ0v) is 20.2. The molecule has 32 heavy (non-hydrogen) atoms. The minimum absolute atomic E-state index is 0. The smallest absolute Gasteiger partial charge is 0.266 e. The monoisotopic (exact) mass is 475 g/mol. The van der Waals surface area contributed by atoms with Crippen molar-refractivity contribution in [2.24, 2.45) is 0 Å². The molecule has 0 aliphatic carbocycles. The van der Waals surface area contributed by atoms with Crippen molar-refractivity contribution in [1.29, 1.82) is 0 Å². The number of halogens is 1. The number of carbonyl (C=O) groups is 1. The molecule has 2 aromatic carbocycles. The van der Waals surface area contributed by atoms with E-state index in [-0.39, 0.29) is 24.9 Å². The van der Waals surface area contributed by atoms with E-state index in [0.717, 1.165) is 65.9 Å². The van der Waals surface area contributed by atoms with Gasteiger partial charge in [-0.15, -0.1) is 12.4 Å². The zero-order valence-electron chi connectivity index (χ0n) is 18.6. The second-order valence-electron chi connectivity index (χ2n) is 7.87. The summed E-state index contributed by atoms with van der Waals surface area (Å²) < 4.78 is 12.4. The van der Waals surface area contributed by atoms with Crippen LogP contribution in [-0.4, -0.2) is 61.8 Å². The SMILES string of the molecule is Cc1ccc2nc(N(CCCN3CCOCC3)C(=O)COc3ccccc3C)sc2c1.Cl. The molecule has 1 fully saturated rings. The number of aromatic nitrogens is 1. The predicted molar refractivity (Wildman–Crippen MR) is 133 cm³/mol. The fourth-order valence-corrected chi connectivity index (χ4v) is 4.78. The summed E-state index contributed by atoms with van der Waals surface area (Å²) in [4.78, 5) is 22.1. The number of fused-ring (bicyclic) bond motifs is 1. The lowest BCUT2D eigenvalue weighted by atomic mass is 10.2. The maximum absolute atomic E-state index is 13.2. The van der Waals surface area contributed by atoms with E-state index >= 15 is 0 Å². The molecule has 0 saturated carbocycles. The van der Waals surface area contributed by atoms with Crippen LogP contribution in [0.4, 0.5) is 5.13 Å². The molecular weight excluding hydrogens is 446 g/mol. The van der Waals surface area contributed by atoms with Gasteiger partial charge in [-0.05, 0) is 49.6 Å². The number of ether oxygens (including phenoxy) is 2. The second-order valence-corrected chi connectivity index (χ2v) is 8.88. The van der Waals surface area contributed by atoms with Gasteiger partial charge in [-0.3, -0.25) is 14.6 Å². The number of rotatable bonds is 8. The van der Waals surface area contributed by atoms with Crippen LogP contribution < -0.4 is 9.64 Å².